The Balaban J connectivity index is 2.16. The van der Waals surface area contributed by atoms with Crippen molar-refractivity contribution in [1.29, 1.82) is 0 Å². The van der Waals surface area contributed by atoms with Gasteiger partial charge in [-0.3, -0.25) is 4.99 Å². The van der Waals surface area contributed by atoms with Crippen molar-refractivity contribution < 1.29 is 0 Å². The molecule has 0 saturated heterocycles. The summed E-state index contributed by atoms with van der Waals surface area (Å²) in [6.07, 6.45) is 9.38. The fourth-order valence-corrected chi connectivity index (χ4v) is 3.78. The maximum atomic E-state index is 6.06. The second-order valence-corrected chi connectivity index (χ2v) is 5.32. The molecule has 80 valence electrons. The van der Waals surface area contributed by atoms with Gasteiger partial charge < -0.3 is 5.73 Å². The molecule has 0 aliphatic heterocycles. The maximum Gasteiger partial charge on any atom is 0.0996 e. The number of hydrogen-bond acceptors (Lipinski definition) is 1. The average molecular weight is 194 g/mol. The summed E-state index contributed by atoms with van der Waals surface area (Å²) in [7, 11) is 1.84. The van der Waals surface area contributed by atoms with Crippen LogP contribution in [0.15, 0.2) is 4.99 Å². The maximum absolute atomic E-state index is 6.06. The average Bonchev–Trinajstić information content (AvgIpc) is 2.74. The van der Waals surface area contributed by atoms with Crippen molar-refractivity contribution in [2.75, 3.05) is 7.05 Å². The Bertz CT molecular complexity index is 247. The minimum absolute atomic E-state index is 0.309. The predicted molar refractivity (Wildman–Crippen MR) is 60.4 cm³/mol. The Hall–Kier alpha value is -0.530. The molecular formula is C12H22N2. The number of fused-ring (bicyclic) bond motifs is 2. The zero-order chi connectivity index (χ0) is 10.2. The molecule has 2 fully saturated rings. The molecular weight excluding hydrogens is 172 g/mol. The Labute approximate surface area is 87.0 Å². The standard InChI is InChI=1S/C12H22N2/c1-3-4-11-5-7-12(9-11,8-6-11)10(13)14-2/h3-9H2,1-2H3,(H2,13,14). The Kier molecular flexibility index (Phi) is 2.32. The summed E-state index contributed by atoms with van der Waals surface area (Å²) in [6.45, 7) is 2.30. The number of hydrogen-bond donors (Lipinski definition) is 1. The van der Waals surface area contributed by atoms with Crippen LogP contribution in [0.4, 0.5) is 0 Å². The lowest BCUT2D eigenvalue weighted by Crippen LogP contribution is -2.33. The second kappa shape index (κ2) is 3.25. The van der Waals surface area contributed by atoms with Crippen LogP contribution in [0, 0.1) is 10.8 Å². The molecule has 2 heteroatoms. The van der Waals surface area contributed by atoms with E-state index >= 15 is 0 Å². The van der Waals surface area contributed by atoms with E-state index in [9.17, 15) is 0 Å². The van der Waals surface area contributed by atoms with E-state index in [2.05, 4.69) is 11.9 Å². The fraction of sp³-hybridized carbons (Fsp3) is 0.917. The zero-order valence-electron chi connectivity index (χ0n) is 9.47. The quantitative estimate of drug-likeness (QED) is 0.544. The van der Waals surface area contributed by atoms with Crippen molar-refractivity contribution >= 4 is 5.84 Å². The number of nitrogens with zero attached hydrogens (tertiary/aromatic N) is 1. The van der Waals surface area contributed by atoms with Crippen LogP contribution in [0.2, 0.25) is 0 Å². The normalized spacial score (nSPS) is 42.0. The van der Waals surface area contributed by atoms with Crippen molar-refractivity contribution in [2.24, 2.45) is 21.6 Å². The largest absolute Gasteiger partial charge is 0.387 e. The van der Waals surface area contributed by atoms with E-state index in [-0.39, 0.29) is 0 Å². The third-order valence-electron chi connectivity index (χ3n) is 4.55. The lowest BCUT2D eigenvalue weighted by molar-refractivity contribution is 0.267. The number of aliphatic imine (C=N–C) groups is 1. The summed E-state index contributed by atoms with van der Waals surface area (Å²) in [5.74, 6) is 0.924. The molecule has 2 nitrogen and oxygen atoms in total. The van der Waals surface area contributed by atoms with Gasteiger partial charge in [-0.05, 0) is 43.9 Å². The monoisotopic (exact) mass is 194 g/mol. The highest BCUT2D eigenvalue weighted by molar-refractivity contribution is 5.87. The molecule has 0 radical (unpaired) electrons. The highest BCUT2D eigenvalue weighted by Gasteiger charge is 2.55. The van der Waals surface area contributed by atoms with E-state index in [1.807, 2.05) is 7.05 Å². The topological polar surface area (TPSA) is 38.4 Å². The molecule has 0 heterocycles. The van der Waals surface area contributed by atoms with Crippen LogP contribution in [0.5, 0.6) is 0 Å². The summed E-state index contributed by atoms with van der Waals surface area (Å²) < 4.78 is 0. The summed E-state index contributed by atoms with van der Waals surface area (Å²) in [4.78, 5) is 4.23. The van der Waals surface area contributed by atoms with Crippen LogP contribution in [-0.4, -0.2) is 12.9 Å². The van der Waals surface area contributed by atoms with Gasteiger partial charge in [-0.2, -0.15) is 0 Å². The van der Waals surface area contributed by atoms with E-state index in [1.54, 1.807) is 0 Å². The van der Waals surface area contributed by atoms with E-state index in [1.165, 1.54) is 44.9 Å². The second-order valence-electron chi connectivity index (χ2n) is 5.32. The van der Waals surface area contributed by atoms with Crippen LogP contribution in [0.3, 0.4) is 0 Å². The van der Waals surface area contributed by atoms with Crippen molar-refractivity contribution in [1.82, 2.24) is 0 Å². The lowest BCUT2D eigenvalue weighted by atomic mass is 9.79. The molecule has 2 aliphatic carbocycles. The minimum atomic E-state index is 0.309. The van der Waals surface area contributed by atoms with Crippen LogP contribution in [0.1, 0.15) is 51.9 Å². The molecule has 2 rings (SSSR count). The molecule has 0 amide bonds. The Morgan fingerprint density at radius 3 is 2.43 bits per heavy atom. The van der Waals surface area contributed by atoms with Gasteiger partial charge >= 0.3 is 0 Å². The first-order valence-corrected chi connectivity index (χ1v) is 5.89. The van der Waals surface area contributed by atoms with Crippen LogP contribution < -0.4 is 5.73 Å². The van der Waals surface area contributed by atoms with Crippen molar-refractivity contribution in [3.8, 4) is 0 Å². The molecule has 0 aromatic heterocycles. The van der Waals surface area contributed by atoms with Gasteiger partial charge in [0.15, 0.2) is 0 Å². The molecule has 2 aliphatic rings. The highest BCUT2D eigenvalue weighted by Crippen LogP contribution is 2.63. The summed E-state index contributed by atoms with van der Waals surface area (Å²) >= 11 is 0. The number of nitrogens with two attached hydrogens (primary N) is 1. The molecule has 2 bridgehead atoms. The number of amidine groups is 1. The SMILES string of the molecule is CCCC12CCC(C(N)=NC)(CC1)C2. The van der Waals surface area contributed by atoms with Gasteiger partial charge in [-0.1, -0.05) is 13.3 Å². The zero-order valence-corrected chi connectivity index (χ0v) is 9.47. The molecule has 2 N–H and O–H groups in total. The molecule has 0 atom stereocenters. The van der Waals surface area contributed by atoms with Gasteiger partial charge in [0.1, 0.15) is 0 Å². The molecule has 0 aromatic carbocycles. The van der Waals surface area contributed by atoms with Gasteiger partial charge in [0, 0.05) is 12.5 Å². The van der Waals surface area contributed by atoms with Crippen LogP contribution in [-0.2, 0) is 0 Å². The summed E-state index contributed by atoms with van der Waals surface area (Å²) in [5.41, 5.74) is 7.01. The molecule has 2 saturated carbocycles. The van der Waals surface area contributed by atoms with Crippen molar-refractivity contribution in [2.45, 2.75) is 51.9 Å². The van der Waals surface area contributed by atoms with Gasteiger partial charge in [-0.25, -0.2) is 0 Å². The molecule has 14 heavy (non-hydrogen) atoms. The van der Waals surface area contributed by atoms with Gasteiger partial charge in [0.05, 0.1) is 5.84 Å². The van der Waals surface area contributed by atoms with Crippen LogP contribution >= 0.6 is 0 Å². The van der Waals surface area contributed by atoms with Crippen molar-refractivity contribution in [3.63, 3.8) is 0 Å². The molecule has 0 aromatic rings. The molecule has 0 spiro atoms. The smallest absolute Gasteiger partial charge is 0.0996 e. The fourth-order valence-electron chi connectivity index (χ4n) is 3.78. The van der Waals surface area contributed by atoms with Gasteiger partial charge in [-0.15, -0.1) is 0 Å². The third-order valence-corrected chi connectivity index (χ3v) is 4.55. The van der Waals surface area contributed by atoms with Crippen LogP contribution in [0.25, 0.3) is 0 Å². The van der Waals surface area contributed by atoms with E-state index in [4.69, 9.17) is 5.73 Å². The first-order valence-electron chi connectivity index (χ1n) is 5.89. The van der Waals surface area contributed by atoms with Gasteiger partial charge in [0.2, 0.25) is 0 Å². The first-order chi connectivity index (χ1) is 6.66. The minimum Gasteiger partial charge on any atom is -0.387 e. The first kappa shape index (κ1) is 10.0. The Morgan fingerprint density at radius 2 is 1.93 bits per heavy atom. The van der Waals surface area contributed by atoms with Gasteiger partial charge in [0.25, 0.3) is 0 Å². The third kappa shape index (κ3) is 1.27. The van der Waals surface area contributed by atoms with E-state index in [0.29, 0.717) is 10.8 Å². The number of rotatable bonds is 3. The summed E-state index contributed by atoms with van der Waals surface area (Å²) in [6, 6.07) is 0. The highest BCUT2D eigenvalue weighted by atomic mass is 14.9. The van der Waals surface area contributed by atoms with E-state index < -0.39 is 0 Å². The van der Waals surface area contributed by atoms with Crippen molar-refractivity contribution in [3.05, 3.63) is 0 Å². The van der Waals surface area contributed by atoms with E-state index in [0.717, 1.165) is 5.84 Å². The predicted octanol–water partition coefficient (Wildman–Crippen LogP) is 2.72. The Morgan fingerprint density at radius 1 is 1.29 bits per heavy atom. The lowest BCUT2D eigenvalue weighted by Gasteiger charge is -2.27. The summed E-state index contributed by atoms with van der Waals surface area (Å²) in [5, 5.41) is 0. The molecule has 0 unspecified atom stereocenters.